The topological polar surface area (TPSA) is 98.7 Å². The molecule has 2 aromatic carbocycles. The smallest absolute Gasteiger partial charge is 0.286 e. The zero-order valence-corrected chi connectivity index (χ0v) is 14.0. The highest BCUT2D eigenvalue weighted by Crippen LogP contribution is 2.26. The van der Waals surface area contributed by atoms with Crippen LogP contribution in [0, 0.1) is 6.92 Å². The van der Waals surface area contributed by atoms with Gasteiger partial charge in [-0.25, -0.2) is 20.5 Å². The largest absolute Gasteiger partial charge is 0.289 e. The van der Waals surface area contributed by atoms with Gasteiger partial charge in [0.15, 0.2) is 11.3 Å². The molecule has 2 aromatic heterocycles. The van der Waals surface area contributed by atoms with E-state index in [0.717, 1.165) is 11.3 Å². The molecule has 0 unspecified atom stereocenters. The lowest BCUT2D eigenvalue weighted by molar-refractivity contribution is 0.0949. The molecule has 0 radical (unpaired) electrons. The minimum atomic E-state index is -0.495. The second-order valence-electron chi connectivity index (χ2n) is 5.77. The summed E-state index contributed by atoms with van der Waals surface area (Å²) < 4.78 is 1.73. The fourth-order valence-corrected chi connectivity index (χ4v) is 2.83. The van der Waals surface area contributed by atoms with Crippen molar-refractivity contribution >= 4 is 17.1 Å². The van der Waals surface area contributed by atoms with Crippen LogP contribution in [0.2, 0.25) is 0 Å². The summed E-state index contributed by atoms with van der Waals surface area (Å²) in [4.78, 5) is 21.5. The molecule has 4 aromatic rings. The Kier molecular flexibility index (Phi) is 3.91. The van der Waals surface area contributed by atoms with E-state index in [1.807, 2.05) is 67.6 Å². The average Bonchev–Trinajstić information content (AvgIpc) is 3.03. The summed E-state index contributed by atoms with van der Waals surface area (Å²) in [5.74, 6) is 4.85. The highest BCUT2D eigenvalue weighted by Gasteiger charge is 2.21. The third-order valence-corrected chi connectivity index (χ3v) is 4.06. The van der Waals surface area contributed by atoms with Gasteiger partial charge < -0.3 is 0 Å². The number of rotatable bonds is 3. The second kappa shape index (κ2) is 6.38. The Balaban J connectivity index is 2.04. The van der Waals surface area contributed by atoms with Crippen LogP contribution in [0.4, 0.5) is 0 Å². The van der Waals surface area contributed by atoms with Crippen molar-refractivity contribution in [2.24, 2.45) is 5.84 Å². The molecular weight excluding hydrogens is 328 g/mol. The molecule has 0 saturated heterocycles. The van der Waals surface area contributed by atoms with E-state index in [-0.39, 0.29) is 5.69 Å². The number of hydrogen-bond donors (Lipinski definition) is 2. The lowest BCUT2D eigenvalue weighted by Gasteiger charge is -2.09. The summed E-state index contributed by atoms with van der Waals surface area (Å²) in [6, 6.07) is 19.1. The molecule has 0 fully saturated rings. The molecule has 0 bridgehead atoms. The number of para-hydroxylation sites is 1. The molecule has 2 heterocycles. The Morgan fingerprint density at radius 3 is 2.31 bits per heavy atom. The number of aromatic nitrogens is 4. The standard InChI is InChI=1S/C19H16N6O/c1-12-15-18(25(24-12)14-10-6-3-7-11-14)22-16(13-8-4-2-5-9-13)17(21-15)19(26)23-20/h2-11H,20H2,1H3,(H,23,26). The van der Waals surface area contributed by atoms with Crippen molar-refractivity contribution in [3.05, 3.63) is 72.1 Å². The van der Waals surface area contributed by atoms with Gasteiger partial charge >= 0.3 is 0 Å². The molecule has 1 amide bonds. The van der Waals surface area contributed by atoms with Crippen molar-refractivity contribution in [1.29, 1.82) is 0 Å². The van der Waals surface area contributed by atoms with E-state index < -0.39 is 5.91 Å². The molecule has 7 nitrogen and oxygen atoms in total. The van der Waals surface area contributed by atoms with Crippen LogP contribution < -0.4 is 11.3 Å². The lowest BCUT2D eigenvalue weighted by Crippen LogP contribution is -2.31. The highest BCUT2D eigenvalue weighted by molar-refractivity contribution is 5.99. The molecule has 3 N–H and O–H groups in total. The maximum Gasteiger partial charge on any atom is 0.286 e. The average molecular weight is 344 g/mol. The van der Waals surface area contributed by atoms with Gasteiger partial charge in [0.25, 0.3) is 5.91 Å². The number of amides is 1. The van der Waals surface area contributed by atoms with E-state index in [2.05, 4.69) is 15.5 Å². The van der Waals surface area contributed by atoms with Crippen molar-refractivity contribution in [3.8, 4) is 16.9 Å². The number of fused-ring (bicyclic) bond motifs is 1. The van der Waals surface area contributed by atoms with Gasteiger partial charge in [-0.05, 0) is 19.1 Å². The third kappa shape index (κ3) is 2.60. The second-order valence-corrected chi connectivity index (χ2v) is 5.77. The van der Waals surface area contributed by atoms with E-state index >= 15 is 0 Å². The third-order valence-electron chi connectivity index (χ3n) is 4.06. The predicted octanol–water partition coefficient (Wildman–Crippen LogP) is 2.39. The molecule has 7 heteroatoms. The molecule has 0 atom stereocenters. The Morgan fingerprint density at radius 1 is 1.00 bits per heavy atom. The first-order chi connectivity index (χ1) is 12.7. The quantitative estimate of drug-likeness (QED) is 0.338. The minimum absolute atomic E-state index is 0.168. The maximum absolute atomic E-state index is 12.3. The van der Waals surface area contributed by atoms with Crippen molar-refractivity contribution < 1.29 is 4.79 Å². The van der Waals surface area contributed by atoms with Gasteiger partial charge in [0.05, 0.1) is 11.4 Å². The summed E-state index contributed by atoms with van der Waals surface area (Å²) in [7, 11) is 0. The molecule has 26 heavy (non-hydrogen) atoms. The summed E-state index contributed by atoms with van der Waals surface area (Å²) in [6.07, 6.45) is 0. The van der Waals surface area contributed by atoms with Crippen LogP contribution in [0.15, 0.2) is 60.7 Å². The van der Waals surface area contributed by atoms with E-state index in [1.54, 1.807) is 4.68 Å². The highest BCUT2D eigenvalue weighted by atomic mass is 16.2. The summed E-state index contributed by atoms with van der Waals surface area (Å²) in [5, 5.41) is 4.55. The van der Waals surface area contributed by atoms with Crippen molar-refractivity contribution in [1.82, 2.24) is 25.2 Å². The molecular formula is C19H16N6O. The number of aryl methyl sites for hydroxylation is 1. The summed E-state index contributed by atoms with van der Waals surface area (Å²) in [5.41, 5.74) is 6.25. The molecule has 0 aliphatic carbocycles. The van der Waals surface area contributed by atoms with E-state index in [4.69, 9.17) is 10.8 Å². The Hall–Kier alpha value is -3.58. The molecule has 4 rings (SSSR count). The van der Waals surface area contributed by atoms with Gasteiger partial charge in [-0.1, -0.05) is 48.5 Å². The van der Waals surface area contributed by atoms with Gasteiger partial charge in [-0.15, -0.1) is 0 Å². The summed E-state index contributed by atoms with van der Waals surface area (Å²) in [6.45, 7) is 1.84. The van der Waals surface area contributed by atoms with Crippen LogP contribution in [-0.4, -0.2) is 25.7 Å². The first kappa shape index (κ1) is 15.9. The van der Waals surface area contributed by atoms with Crippen molar-refractivity contribution in [2.75, 3.05) is 0 Å². The first-order valence-corrected chi connectivity index (χ1v) is 8.08. The van der Waals surface area contributed by atoms with E-state index in [9.17, 15) is 4.79 Å². The SMILES string of the molecule is Cc1nn(-c2ccccc2)c2nc(-c3ccccc3)c(C(=O)NN)nc12. The fourth-order valence-electron chi connectivity index (χ4n) is 2.83. The molecule has 128 valence electrons. The van der Waals surface area contributed by atoms with Crippen LogP contribution in [0.1, 0.15) is 16.2 Å². The number of carbonyl (C=O) groups excluding carboxylic acids is 1. The Labute approximate surface area is 149 Å². The number of carbonyl (C=O) groups is 1. The minimum Gasteiger partial charge on any atom is -0.289 e. The molecule has 0 aliphatic heterocycles. The first-order valence-electron chi connectivity index (χ1n) is 8.08. The molecule has 0 saturated carbocycles. The zero-order valence-electron chi connectivity index (χ0n) is 14.0. The van der Waals surface area contributed by atoms with Crippen LogP contribution in [0.25, 0.3) is 28.1 Å². The zero-order chi connectivity index (χ0) is 18.1. The number of nitrogens with zero attached hydrogens (tertiary/aromatic N) is 4. The number of nitrogen functional groups attached to an aromatic ring is 1. The summed E-state index contributed by atoms with van der Waals surface area (Å²) >= 11 is 0. The van der Waals surface area contributed by atoms with Crippen LogP contribution >= 0.6 is 0 Å². The van der Waals surface area contributed by atoms with Crippen molar-refractivity contribution in [2.45, 2.75) is 6.92 Å². The monoisotopic (exact) mass is 344 g/mol. The predicted molar refractivity (Wildman–Crippen MR) is 98.5 cm³/mol. The number of nitrogens with one attached hydrogen (secondary N) is 1. The molecule has 0 aliphatic rings. The molecule has 0 spiro atoms. The van der Waals surface area contributed by atoms with Crippen LogP contribution in [0.5, 0.6) is 0 Å². The van der Waals surface area contributed by atoms with Crippen molar-refractivity contribution in [3.63, 3.8) is 0 Å². The van der Waals surface area contributed by atoms with Crippen LogP contribution in [-0.2, 0) is 0 Å². The normalized spacial score (nSPS) is 10.8. The number of nitrogens with two attached hydrogens (primary N) is 1. The fraction of sp³-hybridized carbons (Fsp3) is 0.0526. The number of hydrazine groups is 1. The van der Waals surface area contributed by atoms with E-state index in [0.29, 0.717) is 22.6 Å². The van der Waals surface area contributed by atoms with Gasteiger partial charge in [0, 0.05) is 5.56 Å². The van der Waals surface area contributed by atoms with E-state index in [1.165, 1.54) is 0 Å². The number of hydrogen-bond acceptors (Lipinski definition) is 5. The number of benzene rings is 2. The van der Waals surface area contributed by atoms with Gasteiger partial charge in [-0.2, -0.15) is 5.10 Å². The maximum atomic E-state index is 12.3. The Morgan fingerprint density at radius 2 is 1.65 bits per heavy atom. The van der Waals surface area contributed by atoms with Crippen LogP contribution in [0.3, 0.4) is 0 Å². The van der Waals surface area contributed by atoms with Gasteiger partial charge in [0.1, 0.15) is 11.2 Å². The van der Waals surface area contributed by atoms with Gasteiger partial charge in [-0.3, -0.25) is 10.2 Å². The Bertz CT molecular complexity index is 1090. The van der Waals surface area contributed by atoms with Gasteiger partial charge in [0.2, 0.25) is 0 Å². The lowest BCUT2D eigenvalue weighted by atomic mass is 10.1.